The highest BCUT2D eigenvalue weighted by molar-refractivity contribution is 5.66. The van der Waals surface area contributed by atoms with Crippen molar-refractivity contribution in [3.05, 3.63) is 35.9 Å². The van der Waals surface area contributed by atoms with E-state index in [1.165, 1.54) is 6.92 Å². The monoisotopic (exact) mass is 222 g/mol. The molecule has 86 valence electrons. The zero-order valence-electron chi connectivity index (χ0n) is 9.14. The lowest BCUT2D eigenvalue weighted by Gasteiger charge is -2.36. The molecule has 2 rings (SSSR count). The third-order valence-corrected chi connectivity index (χ3v) is 2.38. The lowest BCUT2D eigenvalue weighted by Crippen LogP contribution is -2.44. The van der Waals surface area contributed by atoms with E-state index in [1.54, 1.807) is 0 Å². The Morgan fingerprint density at radius 2 is 2.06 bits per heavy atom. The van der Waals surface area contributed by atoms with E-state index in [2.05, 4.69) is 0 Å². The van der Waals surface area contributed by atoms with Crippen molar-refractivity contribution in [2.45, 2.75) is 12.7 Å². The number of esters is 1. The van der Waals surface area contributed by atoms with Gasteiger partial charge in [0, 0.05) is 12.5 Å². The van der Waals surface area contributed by atoms with Crippen LogP contribution in [0.25, 0.3) is 0 Å². The molecule has 0 aliphatic carbocycles. The zero-order valence-corrected chi connectivity index (χ0v) is 9.14. The third kappa shape index (κ3) is 2.23. The molecule has 0 radical (unpaired) electrons. The van der Waals surface area contributed by atoms with Gasteiger partial charge in [-0.1, -0.05) is 30.3 Å². The Labute approximate surface area is 94.1 Å². The second kappa shape index (κ2) is 4.63. The molecule has 0 amide bonds. The highest BCUT2D eigenvalue weighted by atomic mass is 16.7. The predicted molar refractivity (Wildman–Crippen MR) is 56.7 cm³/mol. The minimum atomic E-state index is -1.08. The van der Waals surface area contributed by atoms with Gasteiger partial charge in [-0.25, -0.2) is 0 Å². The molecular weight excluding hydrogens is 208 g/mol. The molecule has 0 saturated carbocycles. The van der Waals surface area contributed by atoms with Gasteiger partial charge in [-0.15, -0.1) is 0 Å². The third-order valence-electron chi connectivity index (χ3n) is 2.38. The summed E-state index contributed by atoms with van der Waals surface area (Å²) < 4.78 is 16.2. The van der Waals surface area contributed by atoms with Crippen molar-refractivity contribution < 1.29 is 19.0 Å². The molecule has 4 nitrogen and oxygen atoms in total. The molecule has 0 bridgehead atoms. The maximum atomic E-state index is 11.1. The summed E-state index contributed by atoms with van der Waals surface area (Å²) in [5, 5.41) is 0. The summed E-state index contributed by atoms with van der Waals surface area (Å²) in [5.41, 5.74) is 0.796. The van der Waals surface area contributed by atoms with Gasteiger partial charge in [-0.3, -0.25) is 4.79 Å². The van der Waals surface area contributed by atoms with Crippen molar-refractivity contribution in [2.24, 2.45) is 0 Å². The number of carbonyl (C=O) groups is 1. The van der Waals surface area contributed by atoms with Crippen LogP contribution in [0.2, 0.25) is 0 Å². The number of hydrogen-bond acceptors (Lipinski definition) is 4. The summed E-state index contributed by atoms with van der Waals surface area (Å²) >= 11 is 0. The molecule has 1 unspecified atom stereocenters. The largest absolute Gasteiger partial charge is 0.426 e. The zero-order chi connectivity index (χ0) is 11.4. The van der Waals surface area contributed by atoms with E-state index in [0.29, 0.717) is 13.2 Å². The fraction of sp³-hybridized carbons (Fsp3) is 0.417. The molecule has 0 spiro atoms. The Hall–Kier alpha value is -1.39. The van der Waals surface area contributed by atoms with Crippen LogP contribution >= 0.6 is 0 Å². The molecule has 0 N–H and O–H groups in total. The van der Waals surface area contributed by atoms with Gasteiger partial charge in [-0.2, -0.15) is 0 Å². The quantitative estimate of drug-likeness (QED) is 0.710. The molecule has 1 aliphatic heterocycles. The van der Waals surface area contributed by atoms with Crippen LogP contribution in [-0.2, 0) is 24.8 Å². The van der Waals surface area contributed by atoms with Gasteiger partial charge in [0.2, 0.25) is 0 Å². The summed E-state index contributed by atoms with van der Waals surface area (Å²) in [6, 6.07) is 9.36. The van der Waals surface area contributed by atoms with Crippen LogP contribution in [0.3, 0.4) is 0 Å². The Morgan fingerprint density at radius 1 is 1.31 bits per heavy atom. The summed E-state index contributed by atoms with van der Waals surface area (Å²) in [6.07, 6.45) is 0. The van der Waals surface area contributed by atoms with Crippen LogP contribution < -0.4 is 0 Å². The van der Waals surface area contributed by atoms with Gasteiger partial charge in [0.1, 0.15) is 6.61 Å². The summed E-state index contributed by atoms with van der Waals surface area (Å²) in [4.78, 5) is 11.1. The highest BCUT2D eigenvalue weighted by Gasteiger charge is 2.39. The summed E-state index contributed by atoms with van der Waals surface area (Å²) in [5.74, 6) is -1.46. The SMILES string of the molecule is CC(=O)OC1(c2ccccc2)COCCO1. The lowest BCUT2D eigenvalue weighted by molar-refractivity contribution is -0.287. The van der Waals surface area contributed by atoms with Crippen LogP contribution in [0.5, 0.6) is 0 Å². The Balaban J connectivity index is 2.29. The van der Waals surface area contributed by atoms with Gasteiger partial charge in [0.15, 0.2) is 0 Å². The van der Waals surface area contributed by atoms with E-state index in [-0.39, 0.29) is 12.6 Å². The predicted octanol–water partition coefficient (Wildman–Crippen LogP) is 1.45. The number of rotatable bonds is 2. The number of benzene rings is 1. The number of hydrogen-bond donors (Lipinski definition) is 0. The molecule has 1 fully saturated rings. The average molecular weight is 222 g/mol. The van der Waals surface area contributed by atoms with Crippen molar-refractivity contribution >= 4 is 5.97 Å². The van der Waals surface area contributed by atoms with Crippen LogP contribution in [0, 0.1) is 0 Å². The lowest BCUT2D eigenvalue weighted by atomic mass is 10.1. The van der Waals surface area contributed by atoms with Crippen LogP contribution in [0.4, 0.5) is 0 Å². The Bertz CT molecular complexity index is 355. The first-order valence-electron chi connectivity index (χ1n) is 5.20. The molecule has 1 heterocycles. The first kappa shape index (κ1) is 11.1. The molecule has 1 saturated heterocycles. The Kier molecular flexibility index (Phi) is 3.22. The summed E-state index contributed by atoms with van der Waals surface area (Å²) in [6.45, 7) is 2.54. The van der Waals surface area contributed by atoms with E-state index in [9.17, 15) is 4.79 Å². The van der Waals surface area contributed by atoms with E-state index >= 15 is 0 Å². The fourth-order valence-corrected chi connectivity index (χ4v) is 1.72. The minimum absolute atomic E-state index is 0.233. The van der Waals surface area contributed by atoms with Gasteiger partial charge in [-0.05, 0) is 0 Å². The molecular formula is C12H14O4. The van der Waals surface area contributed by atoms with E-state index in [1.807, 2.05) is 30.3 Å². The van der Waals surface area contributed by atoms with Crippen molar-refractivity contribution in [3.63, 3.8) is 0 Å². The van der Waals surface area contributed by atoms with Crippen LogP contribution in [-0.4, -0.2) is 25.8 Å². The standard InChI is InChI=1S/C12H14O4/c1-10(13)16-12(9-14-7-8-15-12)11-5-3-2-4-6-11/h2-6H,7-9H2,1H3. The van der Waals surface area contributed by atoms with E-state index in [0.717, 1.165) is 5.56 Å². The first-order chi connectivity index (χ1) is 7.73. The molecule has 1 aromatic carbocycles. The van der Waals surface area contributed by atoms with E-state index in [4.69, 9.17) is 14.2 Å². The van der Waals surface area contributed by atoms with E-state index < -0.39 is 5.79 Å². The topological polar surface area (TPSA) is 44.8 Å². The molecule has 0 aromatic heterocycles. The maximum absolute atomic E-state index is 11.1. The molecule has 4 heteroatoms. The summed E-state index contributed by atoms with van der Waals surface area (Å²) in [7, 11) is 0. The van der Waals surface area contributed by atoms with Gasteiger partial charge < -0.3 is 14.2 Å². The average Bonchev–Trinajstić information content (AvgIpc) is 2.30. The first-order valence-corrected chi connectivity index (χ1v) is 5.20. The van der Waals surface area contributed by atoms with Crippen molar-refractivity contribution in [1.82, 2.24) is 0 Å². The normalized spacial score (nSPS) is 25.1. The van der Waals surface area contributed by atoms with Gasteiger partial charge in [0.25, 0.3) is 5.79 Å². The number of carbonyl (C=O) groups excluding carboxylic acids is 1. The maximum Gasteiger partial charge on any atom is 0.305 e. The molecule has 16 heavy (non-hydrogen) atoms. The smallest absolute Gasteiger partial charge is 0.305 e. The minimum Gasteiger partial charge on any atom is -0.426 e. The van der Waals surface area contributed by atoms with Crippen LogP contribution in [0.15, 0.2) is 30.3 Å². The van der Waals surface area contributed by atoms with Crippen LogP contribution in [0.1, 0.15) is 12.5 Å². The van der Waals surface area contributed by atoms with Crippen molar-refractivity contribution in [3.8, 4) is 0 Å². The second-order valence-electron chi connectivity index (χ2n) is 3.61. The van der Waals surface area contributed by atoms with Crippen molar-refractivity contribution in [2.75, 3.05) is 19.8 Å². The molecule has 1 aromatic rings. The van der Waals surface area contributed by atoms with Gasteiger partial charge in [0.05, 0.1) is 13.2 Å². The fourth-order valence-electron chi connectivity index (χ4n) is 1.72. The number of ether oxygens (including phenoxy) is 3. The highest BCUT2D eigenvalue weighted by Crippen LogP contribution is 2.30. The van der Waals surface area contributed by atoms with Gasteiger partial charge >= 0.3 is 5.97 Å². The molecule has 1 atom stereocenters. The second-order valence-corrected chi connectivity index (χ2v) is 3.61. The molecule has 1 aliphatic rings. The van der Waals surface area contributed by atoms with Crippen molar-refractivity contribution in [1.29, 1.82) is 0 Å². The Morgan fingerprint density at radius 3 is 2.62 bits per heavy atom.